The molecule has 124 valence electrons. The molecule has 0 aliphatic rings. The Morgan fingerprint density at radius 3 is 2.48 bits per heavy atom. The predicted octanol–water partition coefficient (Wildman–Crippen LogP) is 2.96. The van der Waals surface area contributed by atoms with Crippen molar-refractivity contribution >= 4 is 23.8 Å². The van der Waals surface area contributed by atoms with Crippen molar-refractivity contribution < 1.29 is 14.7 Å². The maximum atomic E-state index is 11.6. The predicted molar refractivity (Wildman–Crippen MR) is 88.8 cm³/mol. The lowest BCUT2D eigenvalue weighted by atomic mass is 9.94. The Morgan fingerprint density at radius 1 is 1.19 bits per heavy atom. The van der Waals surface area contributed by atoms with Crippen LogP contribution in [-0.4, -0.2) is 42.2 Å². The summed E-state index contributed by atoms with van der Waals surface area (Å²) in [6, 6.07) is -0.128. The molecule has 0 fully saturated rings. The molecule has 0 saturated heterocycles. The number of hydrogen-bond acceptors (Lipinski definition) is 3. The molecule has 0 aromatic heterocycles. The topological polar surface area (TPSA) is 78.4 Å². The summed E-state index contributed by atoms with van der Waals surface area (Å²) in [6.07, 6.45) is 5.86. The van der Waals surface area contributed by atoms with Crippen molar-refractivity contribution in [2.75, 3.05) is 25.1 Å². The van der Waals surface area contributed by atoms with Gasteiger partial charge in [-0.2, -0.15) is 11.8 Å². The Bertz CT molecular complexity index is 301. The van der Waals surface area contributed by atoms with Crippen LogP contribution >= 0.6 is 11.8 Å². The van der Waals surface area contributed by atoms with Crippen molar-refractivity contribution in [3.05, 3.63) is 0 Å². The molecule has 6 heteroatoms. The van der Waals surface area contributed by atoms with Crippen LogP contribution in [0, 0.1) is 11.8 Å². The molecule has 0 aliphatic carbocycles. The molecule has 0 bridgehead atoms. The van der Waals surface area contributed by atoms with Crippen LogP contribution in [0.15, 0.2) is 0 Å². The largest absolute Gasteiger partial charge is 0.481 e. The van der Waals surface area contributed by atoms with E-state index in [-0.39, 0.29) is 12.5 Å². The van der Waals surface area contributed by atoms with Gasteiger partial charge in [-0.1, -0.05) is 26.7 Å². The van der Waals surface area contributed by atoms with Gasteiger partial charge in [0.1, 0.15) is 0 Å². The first-order chi connectivity index (χ1) is 9.99. The Balaban J connectivity index is 3.80. The number of amides is 2. The summed E-state index contributed by atoms with van der Waals surface area (Å²) in [5.74, 6) is 1.13. The van der Waals surface area contributed by atoms with E-state index in [2.05, 4.69) is 30.7 Å². The fourth-order valence-corrected chi connectivity index (χ4v) is 2.92. The van der Waals surface area contributed by atoms with Crippen LogP contribution in [0.25, 0.3) is 0 Å². The normalized spacial score (nSPS) is 13.5. The average molecular weight is 318 g/mol. The number of carboxylic acid groups (broad SMARTS) is 1. The summed E-state index contributed by atoms with van der Waals surface area (Å²) >= 11 is 1.78. The third-order valence-corrected chi connectivity index (χ3v) is 4.27. The fraction of sp³-hybridized carbons (Fsp3) is 0.867. The number of thioether (sulfide) groups is 1. The SMILES string of the molecule is CCCC(CCNC(=O)NCC(C)CSC)CCC(=O)O. The standard InChI is InChI=1S/C15H30N2O3S/c1-4-5-13(6-7-14(18)19)8-9-16-15(20)17-10-12(2)11-21-3/h12-13H,4-11H2,1-3H3,(H,18,19)(H2,16,17,20). The average Bonchev–Trinajstić information content (AvgIpc) is 2.42. The summed E-state index contributed by atoms with van der Waals surface area (Å²) in [7, 11) is 0. The Labute approximate surface area is 132 Å². The number of carbonyl (C=O) groups is 2. The van der Waals surface area contributed by atoms with Crippen molar-refractivity contribution in [1.29, 1.82) is 0 Å². The first-order valence-corrected chi connectivity index (χ1v) is 9.11. The summed E-state index contributed by atoms with van der Waals surface area (Å²) in [5, 5.41) is 14.4. The number of rotatable bonds is 12. The molecule has 0 aromatic rings. The van der Waals surface area contributed by atoms with Crippen LogP contribution in [-0.2, 0) is 4.79 Å². The number of nitrogens with one attached hydrogen (secondary N) is 2. The Morgan fingerprint density at radius 2 is 1.90 bits per heavy atom. The van der Waals surface area contributed by atoms with Crippen LogP contribution in [0.5, 0.6) is 0 Å². The molecular weight excluding hydrogens is 288 g/mol. The first kappa shape index (κ1) is 20.1. The van der Waals surface area contributed by atoms with Gasteiger partial charge >= 0.3 is 12.0 Å². The van der Waals surface area contributed by atoms with E-state index >= 15 is 0 Å². The number of aliphatic carboxylic acids is 1. The zero-order valence-electron chi connectivity index (χ0n) is 13.5. The lowest BCUT2D eigenvalue weighted by Crippen LogP contribution is -2.39. The van der Waals surface area contributed by atoms with Crippen LogP contribution in [0.1, 0.15) is 46.0 Å². The molecule has 2 amide bonds. The van der Waals surface area contributed by atoms with E-state index in [1.165, 1.54) is 0 Å². The highest BCUT2D eigenvalue weighted by Crippen LogP contribution is 2.17. The van der Waals surface area contributed by atoms with Crippen molar-refractivity contribution in [2.45, 2.75) is 46.0 Å². The molecule has 3 N–H and O–H groups in total. The highest BCUT2D eigenvalue weighted by Gasteiger charge is 2.11. The van der Waals surface area contributed by atoms with Crippen molar-refractivity contribution in [2.24, 2.45) is 11.8 Å². The molecule has 0 aliphatic heterocycles. The van der Waals surface area contributed by atoms with Crippen LogP contribution < -0.4 is 10.6 Å². The number of carbonyl (C=O) groups excluding carboxylic acids is 1. The fourth-order valence-electron chi connectivity index (χ4n) is 2.23. The van der Waals surface area contributed by atoms with Crippen molar-refractivity contribution in [1.82, 2.24) is 10.6 Å². The molecule has 2 atom stereocenters. The van der Waals surface area contributed by atoms with E-state index in [1.54, 1.807) is 11.8 Å². The van der Waals surface area contributed by atoms with Gasteiger partial charge in [-0.05, 0) is 36.7 Å². The molecule has 2 unspecified atom stereocenters. The summed E-state index contributed by atoms with van der Waals surface area (Å²) in [5.41, 5.74) is 0. The molecule has 0 heterocycles. The van der Waals surface area contributed by atoms with E-state index in [4.69, 9.17) is 5.11 Å². The minimum atomic E-state index is -0.746. The summed E-state index contributed by atoms with van der Waals surface area (Å²) < 4.78 is 0. The third kappa shape index (κ3) is 12.5. The van der Waals surface area contributed by atoms with Gasteiger partial charge in [-0.25, -0.2) is 4.79 Å². The summed E-state index contributed by atoms with van der Waals surface area (Å²) in [6.45, 7) is 5.50. The zero-order chi connectivity index (χ0) is 16.1. The highest BCUT2D eigenvalue weighted by molar-refractivity contribution is 7.98. The molecule has 0 radical (unpaired) electrons. The zero-order valence-corrected chi connectivity index (χ0v) is 14.3. The van der Waals surface area contributed by atoms with Gasteiger partial charge in [0, 0.05) is 19.5 Å². The second kappa shape index (κ2) is 12.8. The molecule has 21 heavy (non-hydrogen) atoms. The van der Waals surface area contributed by atoms with Gasteiger partial charge in [0.25, 0.3) is 0 Å². The second-order valence-corrected chi connectivity index (χ2v) is 6.48. The van der Waals surface area contributed by atoms with Crippen molar-refractivity contribution in [3.8, 4) is 0 Å². The lowest BCUT2D eigenvalue weighted by molar-refractivity contribution is -0.137. The van der Waals surface area contributed by atoms with E-state index in [0.717, 1.165) is 25.0 Å². The van der Waals surface area contributed by atoms with Gasteiger partial charge in [0.15, 0.2) is 0 Å². The van der Waals surface area contributed by atoms with Gasteiger partial charge in [-0.15, -0.1) is 0 Å². The Hall–Kier alpha value is -0.910. The maximum Gasteiger partial charge on any atom is 0.314 e. The van der Waals surface area contributed by atoms with Gasteiger partial charge in [0.2, 0.25) is 0 Å². The molecule has 0 aromatic carbocycles. The van der Waals surface area contributed by atoms with Gasteiger partial charge in [-0.3, -0.25) is 4.79 Å². The Kier molecular flexibility index (Phi) is 12.2. The quantitative estimate of drug-likeness (QED) is 0.517. The van der Waals surface area contributed by atoms with E-state index in [9.17, 15) is 9.59 Å². The van der Waals surface area contributed by atoms with E-state index in [0.29, 0.717) is 31.3 Å². The van der Waals surface area contributed by atoms with Crippen molar-refractivity contribution in [3.63, 3.8) is 0 Å². The highest BCUT2D eigenvalue weighted by atomic mass is 32.2. The van der Waals surface area contributed by atoms with Crippen LogP contribution in [0.3, 0.4) is 0 Å². The summed E-state index contributed by atoms with van der Waals surface area (Å²) in [4.78, 5) is 22.2. The third-order valence-electron chi connectivity index (χ3n) is 3.36. The maximum absolute atomic E-state index is 11.6. The first-order valence-electron chi connectivity index (χ1n) is 7.72. The lowest BCUT2D eigenvalue weighted by Gasteiger charge is -2.16. The number of carboxylic acids is 1. The minimum Gasteiger partial charge on any atom is -0.481 e. The molecule has 0 rings (SSSR count). The van der Waals surface area contributed by atoms with Crippen LogP contribution in [0.2, 0.25) is 0 Å². The number of hydrogen-bond donors (Lipinski definition) is 3. The van der Waals surface area contributed by atoms with E-state index in [1.807, 2.05) is 0 Å². The molecule has 5 nitrogen and oxygen atoms in total. The van der Waals surface area contributed by atoms with Gasteiger partial charge < -0.3 is 15.7 Å². The number of urea groups is 1. The smallest absolute Gasteiger partial charge is 0.314 e. The monoisotopic (exact) mass is 318 g/mol. The molecular formula is C15H30N2O3S. The van der Waals surface area contributed by atoms with Gasteiger partial charge in [0.05, 0.1) is 0 Å². The molecule has 0 spiro atoms. The second-order valence-electron chi connectivity index (χ2n) is 5.57. The van der Waals surface area contributed by atoms with E-state index < -0.39 is 5.97 Å². The molecule has 0 saturated carbocycles. The van der Waals surface area contributed by atoms with Crippen LogP contribution in [0.4, 0.5) is 4.79 Å². The minimum absolute atomic E-state index is 0.128.